The van der Waals surface area contributed by atoms with E-state index in [1.807, 2.05) is 55.3 Å². The molecule has 2 aromatic carbocycles. The van der Waals surface area contributed by atoms with E-state index >= 15 is 0 Å². The summed E-state index contributed by atoms with van der Waals surface area (Å²) in [5.41, 5.74) is 9.18. The van der Waals surface area contributed by atoms with Gasteiger partial charge in [-0.15, -0.1) is 0 Å². The van der Waals surface area contributed by atoms with Crippen molar-refractivity contribution in [3.8, 4) is 0 Å². The minimum absolute atomic E-state index is 0.00456. The largest absolute Gasteiger partial charge is 0.337 e. The molecular weight excluding hydrogens is 358 g/mol. The van der Waals surface area contributed by atoms with Crippen molar-refractivity contribution < 1.29 is 4.79 Å². The normalized spacial score (nSPS) is 18.4. The first-order valence-corrected chi connectivity index (χ1v) is 9.85. The van der Waals surface area contributed by atoms with Gasteiger partial charge in [-0.05, 0) is 42.6 Å². The van der Waals surface area contributed by atoms with Crippen molar-refractivity contribution in [3.05, 3.63) is 70.2 Å². The van der Waals surface area contributed by atoms with Crippen molar-refractivity contribution in [2.75, 3.05) is 26.7 Å². The molecular formula is C22H28ClN3O. The van der Waals surface area contributed by atoms with Crippen molar-refractivity contribution in [3.63, 3.8) is 0 Å². The number of likely N-dealkylation sites (N-methyl/N-ethyl adjacent to an activating group) is 1. The Hall–Kier alpha value is -1.88. The Kier molecular flexibility index (Phi) is 6.53. The van der Waals surface area contributed by atoms with Crippen LogP contribution in [0.2, 0.25) is 5.02 Å². The molecule has 144 valence electrons. The van der Waals surface area contributed by atoms with E-state index in [-0.39, 0.29) is 18.0 Å². The van der Waals surface area contributed by atoms with E-state index in [4.69, 9.17) is 17.3 Å². The quantitative estimate of drug-likeness (QED) is 0.828. The summed E-state index contributed by atoms with van der Waals surface area (Å²) in [6.45, 7) is 4.64. The third kappa shape index (κ3) is 5.10. The van der Waals surface area contributed by atoms with Gasteiger partial charge in [0.1, 0.15) is 0 Å². The number of nitrogens with zero attached hydrogens (tertiary/aromatic N) is 2. The van der Waals surface area contributed by atoms with Crippen LogP contribution in [-0.4, -0.2) is 48.4 Å². The summed E-state index contributed by atoms with van der Waals surface area (Å²) >= 11 is 6.22. The highest BCUT2D eigenvalue weighted by Crippen LogP contribution is 2.24. The molecule has 5 heteroatoms. The molecule has 2 atom stereocenters. The van der Waals surface area contributed by atoms with Crippen LogP contribution in [0.25, 0.3) is 0 Å². The highest BCUT2D eigenvalue weighted by atomic mass is 35.5. The minimum atomic E-state index is 0.00456. The Labute approximate surface area is 166 Å². The zero-order valence-corrected chi connectivity index (χ0v) is 16.8. The summed E-state index contributed by atoms with van der Waals surface area (Å²) < 4.78 is 0. The van der Waals surface area contributed by atoms with Gasteiger partial charge in [-0.25, -0.2) is 0 Å². The average Bonchev–Trinajstić information content (AvgIpc) is 3.08. The lowest BCUT2D eigenvalue weighted by atomic mass is 10.0. The molecule has 1 aliphatic heterocycles. The molecule has 2 N–H and O–H groups in total. The van der Waals surface area contributed by atoms with Crippen LogP contribution in [0.3, 0.4) is 0 Å². The monoisotopic (exact) mass is 385 g/mol. The Bertz CT molecular complexity index is 780. The predicted molar refractivity (Wildman–Crippen MR) is 111 cm³/mol. The van der Waals surface area contributed by atoms with E-state index in [0.717, 1.165) is 42.7 Å². The fourth-order valence-electron chi connectivity index (χ4n) is 3.62. The van der Waals surface area contributed by atoms with E-state index in [2.05, 4.69) is 17.0 Å². The van der Waals surface area contributed by atoms with Crippen LogP contribution in [0.1, 0.15) is 29.2 Å². The van der Waals surface area contributed by atoms with Crippen LogP contribution in [0.15, 0.2) is 48.5 Å². The molecule has 1 saturated heterocycles. The summed E-state index contributed by atoms with van der Waals surface area (Å²) in [6, 6.07) is 16.3. The number of aryl methyl sites for hydroxylation is 1. The van der Waals surface area contributed by atoms with Gasteiger partial charge in [0.05, 0.1) is 12.5 Å². The summed E-state index contributed by atoms with van der Waals surface area (Å²) in [4.78, 5) is 17.2. The summed E-state index contributed by atoms with van der Waals surface area (Å²) in [5.74, 6) is 0.0901. The number of carbonyl (C=O) groups excluding carboxylic acids is 1. The maximum absolute atomic E-state index is 13.0. The van der Waals surface area contributed by atoms with Crippen molar-refractivity contribution in [2.24, 2.45) is 5.73 Å². The van der Waals surface area contributed by atoms with Crippen LogP contribution in [0.5, 0.6) is 0 Å². The number of hydrogen-bond acceptors (Lipinski definition) is 3. The number of hydrogen-bond donors (Lipinski definition) is 1. The SMILES string of the molecule is Cc1ccc(CC(=O)N(C)C(CN2CC[C@H](N)C2)c2ccccc2)cc1Cl. The number of benzene rings is 2. The van der Waals surface area contributed by atoms with Gasteiger partial charge in [-0.3, -0.25) is 9.69 Å². The molecule has 0 bridgehead atoms. The first-order chi connectivity index (χ1) is 12.9. The molecule has 0 saturated carbocycles. The second-order valence-corrected chi connectivity index (χ2v) is 7.91. The smallest absolute Gasteiger partial charge is 0.227 e. The van der Waals surface area contributed by atoms with Crippen LogP contribution < -0.4 is 5.73 Å². The van der Waals surface area contributed by atoms with E-state index in [9.17, 15) is 4.79 Å². The third-order valence-corrected chi connectivity index (χ3v) is 5.78. The van der Waals surface area contributed by atoms with Crippen LogP contribution in [0.4, 0.5) is 0 Å². The molecule has 27 heavy (non-hydrogen) atoms. The molecule has 1 aliphatic rings. The number of rotatable bonds is 6. The summed E-state index contributed by atoms with van der Waals surface area (Å²) in [7, 11) is 1.89. The van der Waals surface area contributed by atoms with Crippen LogP contribution >= 0.6 is 11.6 Å². The fraction of sp³-hybridized carbons (Fsp3) is 0.409. The lowest BCUT2D eigenvalue weighted by molar-refractivity contribution is -0.131. The second kappa shape index (κ2) is 8.87. The summed E-state index contributed by atoms with van der Waals surface area (Å²) in [5, 5.41) is 0.702. The predicted octanol–water partition coefficient (Wildman–Crippen LogP) is 3.42. The van der Waals surface area contributed by atoms with Crippen LogP contribution in [-0.2, 0) is 11.2 Å². The molecule has 4 nitrogen and oxygen atoms in total. The highest BCUT2D eigenvalue weighted by Gasteiger charge is 2.27. The Morgan fingerprint density at radius 2 is 2.04 bits per heavy atom. The molecule has 0 aliphatic carbocycles. The first kappa shape index (κ1) is 19.9. The summed E-state index contributed by atoms with van der Waals surface area (Å²) in [6.07, 6.45) is 1.36. The van der Waals surface area contributed by atoms with Gasteiger partial charge in [0, 0.05) is 31.2 Å². The van der Waals surface area contributed by atoms with E-state index in [1.165, 1.54) is 0 Å². The van der Waals surface area contributed by atoms with E-state index in [1.54, 1.807) is 0 Å². The van der Waals surface area contributed by atoms with Gasteiger partial charge >= 0.3 is 0 Å². The van der Waals surface area contributed by atoms with E-state index in [0.29, 0.717) is 11.4 Å². The second-order valence-electron chi connectivity index (χ2n) is 7.50. The minimum Gasteiger partial charge on any atom is -0.337 e. The third-order valence-electron chi connectivity index (χ3n) is 5.38. The molecule has 0 spiro atoms. The zero-order chi connectivity index (χ0) is 19.4. The molecule has 1 unspecified atom stereocenters. The Morgan fingerprint density at radius 3 is 2.67 bits per heavy atom. The number of likely N-dealkylation sites (tertiary alicyclic amines) is 1. The van der Waals surface area contributed by atoms with Crippen LogP contribution in [0, 0.1) is 6.92 Å². The van der Waals surface area contributed by atoms with Gasteiger partial charge in [-0.1, -0.05) is 54.1 Å². The van der Waals surface area contributed by atoms with Crippen molar-refractivity contribution >= 4 is 17.5 Å². The molecule has 3 rings (SSSR count). The Morgan fingerprint density at radius 1 is 1.30 bits per heavy atom. The molecule has 0 aromatic heterocycles. The zero-order valence-electron chi connectivity index (χ0n) is 16.1. The Balaban J connectivity index is 1.75. The number of amides is 1. The van der Waals surface area contributed by atoms with E-state index < -0.39 is 0 Å². The molecule has 1 fully saturated rings. The van der Waals surface area contributed by atoms with Gasteiger partial charge < -0.3 is 10.6 Å². The molecule has 2 aromatic rings. The van der Waals surface area contributed by atoms with Gasteiger partial charge in [0.25, 0.3) is 0 Å². The fourth-order valence-corrected chi connectivity index (χ4v) is 3.82. The van der Waals surface area contributed by atoms with Crippen molar-refractivity contribution in [2.45, 2.75) is 31.8 Å². The number of carbonyl (C=O) groups is 1. The maximum atomic E-state index is 13.0. The lowest BCUT2D eigenvalue weighted by Crippen LogP contribution is -2.40. The number of nitrogens with two attached hydrogens (primary N) is 1. The molecule has 0 radical (unpaired) electrons. The average molecular weight is 386 g/mol. The first-order valence-electron chi connectivity index (χ1n) is 9.47. The molecule has 1 heterocycles. The maximum Gasteiger partial charge on any atom is 0.227 e. The van der Waals surface area contributed by atoms with Gasteiger partial charge in [0.2, 0.25) is 5.91 Å². The van der Waals surface area contributed by atoms with Gasteiger partial charge in [-0.2, -0.15) is 0 Å². The van der Waals surface area contributed by atoms with Crippen molar-refractivity contribution in [1.29, 1.82) is 0 Å². The van der Waals surface area contributed by atoms with Gasteiger partial charge in [0.15, 0.2) is 0 Å². The lowest BCUT2D eigenvalue weighted by Gasteiger charge is -2.32. The molecule has 1 amide bonds. The standard InChI is InChI=1S/C22H28ClN3O/c1-16-8-9-17(12-20(16)23)13-22(27)25(2)21(18-6-4-3-5-7-18)15-26-11-10-19(24)14-26/h3-9,12,19,21H,10-11,13-15,24H2,1-2H3/t19-,21?/m0/s1. The topological polar surface area (TPSA) is 49.6 Å². The highest BCUT2D eigenvalue weighted by molar-refractivity contribution is 6.31. The number of halogens is 1. The van der Waals surface area contributed by atoms with Crippen molar-refractivity contribution in [1.82, 2.24) is 9.80 Å².